The smallest absolute Gasteiger partial charge is 0.211 e. The lowest BCUT2D eigenvalue weighted by Crippen LogP contribution is -2.64. The molecule has 2 heterocycles. The van der Waals surface area contributed by atoms with Crippen LogP contribution in [0.5, 0.6) is 11.5 Å². The molecule has 0 radical (unpaired) electrons. The summed E-state index contributed by atoms with van der Waals surface area (Å²) in [5, 5.41) is 4.86. The van der Waals surface area contributed by atoms with E-state index < -0.39 is 48.9 Å². The Hall–Kier alpha value is -1.52. The van der Waals surface area contributed by atoms with Gasteiger partial charge in [-0.15, -0.1) is 0 Å². The first-order valence-electron chi connectivity index (χ1n) is 11.8. The number of rotatable bonds is 2. The summed E-state index contributed by atoms with van der Waals surface area (Å²) in [6.45, 7) is -2.70. The van der Waals surface area contributed by atoms with E-state index in [1.165, 1.54) is 19.3 Å². The molecule has 4 nitrogen and oxygen atoms in total. The largest absolute Gasteiger partial charge is 0.493 e. The van der Waals surface area contributed by atoms with Crippen molar-refractivity contribution in [3.8, 4) is 11.5 Å². The highest BCUT2D eigenvalue weighted by atomic mass is 16.5. The second-order valence-electron chi connectivity index (χ2n) is 6.14. The van der Waals surface area contributed by atoms with Crippen molar-refractivity contribution in [1.29, 1.82) is 1.43 Å². The van der Waals surface area contributed by atoms with Gasteiger partial charge in [-0.05, 0) is 37.9 Å². The van der Waals surface area contributed by atoms with Gasteiger partial charge in [0.15, 0.2) is 11.5 Å². The molecule has 2 aliphatic heterocycles. The van der Waals surface area contributed by atoms with Gasteiger partial charge in [0.2, 0.25) is 1.43 Å². The van der Waals surface area contributed by atoms with E-state index in [4.69, 9.17) is 25.6 Å². The Morgan fingerprint density at radius 2 is 2.59 bits per heavy atom. The molecule has 5 rings (SSSR count). The van der Waals surface area contributed by atoms with Crippen molar-refractivity contribution in [3.63, 3.8) is 0 Å². The molecule has 1 saturated heterocycles. The average molecular weight is 308 g/mol. The van der Waals surface area contributed by atoms with E-state index in [-0.39, 0.29) is 41.6 Å². The van der Waals surface area contributed by atoms with Crippen molar-refractivity contribution >= 4 is 0 Å². The van der Waals surface area contributed by atoms with Gasteiger partial charge in [0.25, 0.3) is 0 Å². The summed E-state index contributed by atoms with van der Waals surface area (Å²) >= 11 is 0. The van der Waals surface area contributed by atoms with Gasteiger partial charge in [0.1, 0.15) is 12.2 Å². The van der Waals surface area contributed by atoms with Crippen LogP contribution in [0.15, 0.2) is 24.2 Å². The Bertz CT molecular complexity index is 1010. The van der Waals surface area contributed by atoms with Crippen molar-refractivity contribution in [3.05, 3.63) is 35.4 Å². The lowest BCUT2D eigenvalue weighted by atomic mass is 9.53. The zero-order valence-electron chi connectivity index (χ0n) is 21.0. The topological polar surface area (TPSA) is 41.9 Å². The van der Waals surface area contributed by atoms with Gasteiger partial charge in [-0.3, -0.25) is 0 Å². The molecular weight excluding hydrogens is 278 g/mol. The molecule has 5 atom stereocenters. The van der Waals surface area contributed by atoms with Crippen molar-refractivity contribution < 1.29 is 25.5 Å². The van der Waals surface area contributed by atoms with Crippen LogP contribution in [0.3, 0.4) is 0 Å². The molecule has 1 aromatic rings. The molecule has 1 N–H and O–H groups in total. The molecule has 0 amide bonds. The molecule has 1 aromatic carbocycles. The Morgan fingerprint density at radius 3 is 3.41 bits per heavy atom. The molecule has 4 heteroatoms. The predicted octanol–water partition coefficient (Wildman–Crippen LogP) is 1.50. The molecule has 4 aliphatic rings. The second-order valence-corrected chi connectivity index (χ2v) is 6.14. The SMILES string of the molecule is [2H]OC1C=C[C@@]2([2H])[C@@H]3N(C([2H])([2H])[2H])CC[C@@]24c2c(c(OC)c([2H])c([2H])c2C3([2H])[2H])OC14. The summed E-state index contributed by atoms with van der Waals surface area (Å²) in [4.78, 5) is 1.02. The van der Waals surface area contributed by atoms with Crippen molar-refractivity contribution in [2.75, 3.05) is 20.6 Å². The Morgan fingerprint density at radius 1 is 1.64 bits per heavy atom. The average Bonchev–Trinajstić information content (AvgIpc) is 3.00. The van der Waals surface area contributed by atoms with E-state index >= 15 is 0 Å². The fourth-order valence-electron chi connectivity index (χ4n) is 4.36. The third kappa shape index (κ3) is 1.28. The maximum absolute atomic E-state index is 9.50. The third-order valence-electron chi connectivity index (χ3n) is 5.28. The molecule has 0 aromatic heterocycles. The number of ether oxygens (including phenoxy) is 2. The van der Waals surface area contributed by atoms with Crippen LogP contribution in [0.1, 0.15) is 28.5 Å². The number of methoxy groups -OCH3 is 1. The minimum absolute atomic E-state index is 0.0309. The van der Waals surface area contributed by atoms with Crippen LogP contribution >= 0.6 is 0 Å². The van der Waals surface area contributed by atoms with Crippen LogP contribution in [0, 0.1) is 5.89 Å². The zero-order chi connectivity index (χ0) is 22.7. The summed E-state index contributed by atoms with van der Waals surface area (Å²) < 4.78 is 87.4. The van der Waals surface area contributed by atoms with Crippen LogP contribution in [0.25, 0.3) is 0 Å². The zero-order valence-corrected chi connectivity index (χ0v) is 12.0. The number of likely N-dealkylation sites (tertiary alicyclic amines) is 1. The van der Waals surface area contributed by atoms with Crippen LogP contribution in [-0.2, 0) is 11.8 Å². The van der Waals surface area contributed by atoms with Crippen LogP contribution < -0.4 is 9.47 Å². The summed E-state index contributed by atoms with van der Waals surface area (Å²) in [5.74, 6) is -1.73. The number of benzene rings is 1. The molecule has 1 fully saturated rings. The standard InChI is InChI=1S/C18H21NO3/c1-19-8-7-18-11-4-5-13(20)17(18)22-16-14(21-2)6-3-10(15(16)18)9-12(11)19/h3-6,11-13,17,20H,7-9H2,1-2H3/t11-,12+,13?,17?,18-/m0/s1/i1D3,3D,6D,9D2,11D,20D. The predicted molar refractivity (Wildman–Crippen MR) is 82.5 cm³/mol. The maximum Gasteiger partial charge on any atom is 0.211 e. The lowest BCUT2D eigenvalue weighted by molar-refractivity contribution is -0.0453. The van der Waals surface area contributed by atoms with Crippen molar-refractivity contribution in [2.24, 2.45) is 5.89 Å². The first kappa shape index (κ1) is 6.93. The van der Waals surface area contributed by atoms with Gasteiger partial charge in [0, 0.05) is 31.1 Å². The monoisotopic (exact) mass is 308 g/mol. The molecule has 0 saturated carbocycles. The van der Waals surface area contributed by atoms with Crippen LogP contribution in [-0.4, -0.2) is 50.3 Å². The van der Waals surface area contributed by atoms with Gasteiger partial charge in [-0.25, -0.2) is 0 Å². The summed E-state index contributed by atoms with van der Waals surface area (Å²) in [7, 11) is 1.32. The minimum Gasteiger partial charge on any atom is -0.493 e. The normalized spacial score (nSPS) is 53.1. The molecule has 116 valence electrons. The van der Waals surface area contributed by atoms with E-state index in [2.05, 4.69) is 0 Å². The number of piperidine rings is 1. The number of hydrogen-bond acceptors (Lipinski definition) is 4. The van der Waals surface area contributed by atoms with Gasteiger partial charge in [-0.2, -0.15) is 0 Å². The van der Waals surface area contributed by atoms with Gasteiger partial charge in [0.05, 0.1) is 9.85 Å². The van der Waals surface area contributed by atoms with Crippen LogP contribution in [0.4, 0.5) is 0 Å². The molecule has 2 unspecified atom stereocenters. The lowest BCUT2D eigenvalue weighted by Gasteiger charge is -2.56. The number of nitrogens with zero attached hydrogens (tertiary/aromatic N) is 1. The Balaban J connectivity index is 1.94. The second kappa shape index (κ2) is 4.06. The summed E-state index contributed by atoms with van der Waals surface area (Å²) in [6.07, 6.45) is -1.27. The summed E-state index contributed by atoms with van der Waals surface area (Å²) in [5.41, 5.74) is -1.13. The van der Waals surface area contributed by atoms with E-state index in [1.807, 2.05) is 0 Å². The first-order chi connectivity index (χ1) is 14.4. The van der Waals surface area contributed by atoms with E-state index in [1.54, 1.807) is 0 Å². The molecule has 2 aliphatic carbocycles. The first-order valence-corrected chi connectivity index (χ1v) is 7.34. The van der Waals surface area contributed by atoms with Gasteiger partial charge >= 0.3 is 0 Å². The molecule has 2 bridgehead atoms. The van der Waals surface area contributed by atoms with Crippen molar-refractivity contribution in [2.45, 2.75) is 36.5 Å². The van der Waals surface area contributed by atoms with E-state index in [9.17, 15) is 1.37 Å². The van der Waals surface area contributed by atoms with Crippen molar-refractivity contribution in [1.82, 2.24) is 4.90 Å². The van der Waals surface area contributed by atoms with Gasteiger partial charge in [-0.1, -0.05) is 18.2 Å². The third-order valence-corrected chi connectivity index (χ3v) is 5.28. The molecule has 22 heavy (non-hydrogen) atoms. The number of aliphatic hydroxyl groups is 1. The van der Waals surface area contributed by atoms with Gasteiger partial charge < -0.3 is 19.5 Å². The minimum atomic E-state index is -2.67. The Kier molecular flexibility index (Phi) is 1.28. The summed E-state index contributed by atoms with van der Waals surface area (Å²) in [6, 6.07) is -2.25. The molecular formula is C18H21NO3. The van der Waals surface area contributed by atoms with E-state index in [0.29, 0.717) is 0 Å². The number of hydrogen-bond donors (Lipinski definition) is 1. The highest BCUT2D eigenvalue weighted by Crippen LogP contribution is 2.62. The quantitative estimate of drug-likeness (QED) is 0.841. The fourth-order valence-corrected chi connectivity index (χ4v) is 4.36. The number of likely N-dealkylation sites (N-methyl/N-ethyl adjacent to an activating group) is 1. The maximum atomic E-state index is 9.50. The molecule has 1 spiro atoms. The van der Waals surface area contributed by atoms with E-state index in [0.717, 1.165) is 4.90 Å². The number of aliphatic hydroxyl groups excluding tert-OH is 1. The highest BCUT2D eigenvalue weighted by molar-refractivity contribution is 5.62. The Labute approximate surface area is 143 Å². The highest BCUT2D eigenvalue weighted by Gasteiger charge is 2.64. The fraction of sp³-hybridized carbons (Fsp3) is 0.556. The van der Waals surface area contributed by atoms with Crippen LogP contribution in [0.2, 0.25) is 0 Å².